The normalized spacial score (nSPS) is 11.0. The lowest BCUT2D eigenvalue weighted by Gasteiger charge is -2.19. The van der Waals surface area contributed by atoms with Crippen LogP contribution in [0.15, 0.2) is 6.07 Å². The second-order valence-electron chi connectivity index (χ2n) is 5.96. The monoisotopic (exact) mass is 296 g/mol. The standard InChI is InChI=1S/C16H24O5/c1-9(2)6-11-8-13(20-5)12(7-10(3)4)14(17)15(11)21-16(18)19/h8-10,17H,6-7H2,1-5H3,(H,18,19). The molecule has 0 unspecified atom stereocenters. The molecule has 0 heterocycles. The molecule has 0 spiro atoms. The summed E-state index contributed by atoms with van der Waals surface area (Å²) < 4.78 is 10.2. The molecule has 0 aromatic heterocycles. The van der Waals surface area contributed by atoms with Crippen LogP contribution in [0.3, 0.4) is 0 Å². The van der Waals surface area contributed by atoms with Crippen LogP contribution in [0, 0.1) is 11.8 Å². The van der Waals surface area contributed by atoms with Crippen molar-refractivity contribution < 1.29 is 24.5 Å². The van der Waals surface area contributed by atoms with Crippen molar-refractivity contribution in [1.29, 1.82) is 0 Å². The molecule has 5 nitrogen and oxygen atoms in total. The molecule has 5 heteroatoms. The molecule has 1 rings (SSSR count). The molecular formula is C16H24O5. The van der Waals surface area contributed by atoms with Crippen molar-refractivity contribution in [2.45, 2.75) is 40.5 Å². The van der Waals surface area contributed by atoms with Crippen LogP contribution in [-0.4, -0.2) is 23.5 Å². The Kier molecular flexibility index (Phi) is 5.88. The molecular weight excluding hydrogens is 272 g/mol. The van der Waals surface area contributed by atoms with E-state index in [1.54, 1.807) is 6.07 Å². The number of phenolic OH excluding ortho intramolecular Hbond substituents is 1. The molecule has 2 N–H and O–H groups in total. The van der Waals surface area contributed by atoms with Crippen LogP contribution < -0.4 is 9.47 Å². The van der Waals surface area contributed by atoms with Gasteiger partial charge < -0.3 is 19.7 Å². The fraction of sp³-hybridized carbons (Fsp3) is 0.562. The summed E-state index contributed by atoms with van der Waals surface area (Å²) in [5, 5.41) is 19.3. The van der Waals surface area contributed by atoms with Gasteiger partial charge in [-0.2, -0.15) is 0 Å². The topological polar surface area (TPSA) is 76.0 Å². The van der Waals surface area contributed by atoms with E-state index in [1.807, 2.05) is 27.7 Å². The SMILES string of the molecule is COc1cc(CC(C)C)c(OC(=O)O)c(O)c1CC(C)C. The van der Waals surface area contributed by atoms with Gasteiger partial charge in [0.1, 0.15) is 5.75 Å². The summed E-state index contributed by atoms with van der Waals surface area (Å²) >= 11 is 0. The van der Waals surface area contributed by atoms with Gasteiger partial charge in [-0.3, -0.25) is 0 Å². The molecule has 0 radical (unpaired) electrons. The number of phenols is 1. The summed E-state index contributed by atoms with van der Waals surface area (Å²) in [5.41, 5.74) is 1.21. The third kappa shape index (κ3) is 4.55. The largest absolute Gasteiger partial charge is 0.511 e. The zero-order valence-corrected chi connectivity index (χ0v) is 13.3. The Balaban J connectivity index is 3.43. The third-order valence-corrected chi connectivity index (χ3v) is 3.05. The van der Waals surface area contributed by atoms with Gasteiger partial charge in [-0.1, -0.05) is 27.7 Å². The maximum absolute atomic E-state index is 10.9. The summed E-state index contributed by atoms with van der Waals surface area (Å²) in [6.45, 7) is 8.05. The smallest absolute Gasteiger partial charge is 0.504 e. The highest BCUT2D eigenvalue weighted by Gasteiger charge is 2.22. The maximum atomic E-state index is 10.9. The summed E-state index contributed by atoms with van der Waals surface area (Å²) in [6.07, 6.45) is -0.266. The number of benzene rings is 1. The average Bonchev–Trinajstić information content (AvgIpc) is 2.35. The summed E-state index contributed by atoms with van der Waals surface area (Å²) in [6, 6.07) is 1.76. The predicted octanol–water partition coefficient (Wildman–Crippen LogP) is 3.85. The number of carboxylic acid groups (broad SMARTS) is 1. The Morgan fingerprint density at radius 1 is 1.19 bits per heavy atom. The van der Waals surface area contributed by atoms with Crippen molar-refractivity contribution in [2.24, 2.45) is 11.8 Å². The van der Waals surface area contributed by atoms with E-state index in [1.165, 1.54) is 7.11 Å². The van der Waals surface area contributed by atoms with E-state index in [2.05, 4.69) is 0 Å². The van der Waals surface area contributed by atoms with Gasteiger partial charge in [0.05, 0.1) is 7.11 Å². The number of aromatic hydroxyl groups is 1. The van der Waals surface area contributed by atoms with Gasteiger partial charge in [-0.15, -0.1) is 0 Å². The van der Waals surface area contributed by atoms with Gasteiger partial charge in [0.25, 0.3) is 0 Å². The predicted molar refractivity (Wildman–Crippen MR) is 80.4 cm³/mol. The number of methoxy groups -OCH3 is 1. The Morgan fingerprint density at radius 2 is 1.76 bits per heavy atom. The van der Waals surface area contributed by atoms with E-state index in [0.29, 0.717) is 41.6 Å². The van der Waals surface area contributed by atoms with E-state index in [9.17, 15) is 9.90 Å². The van der Waals surface area contributed by atoms with E-state index in [0.717, 1.165) is 0 Å². The molecule has 0 saturated heterocycles. The zero-order valence-electron chi connectivity index (χ0n) is 13.3. The molecule has 118 valence electrons. The minimum atomic E-state index is -1.43. The molecule has 0 saturated carbocycles. The number of hydrogen-bond acceptors (Lipinski definition) is 4. The van der Waals surface area contributed by atoms with Crippen molar-refractivity contribution >= 4 is 6.16 Å². The van der Waals surface area contributed by atoms with E-state index in [4.69, 9.17) is 14.6 Å². The van der Waals surface area contributed by atoms with Gasteiger partial charge in [0, 0.05) is 11.1 Å². The van der Waals surface area contributed by atoms with Crippen molar-refractivity contribution in [3.63, 3.8) is 0 Å². The highest BCUT2D eigenvalue weighted by atomic mass is 16.7. The Hall–Kier alpha value is -1.91. The van der Waals surface area contributed by atoms with Gasteiger partial charge >= 0.3 is 6.16 Å². The first-order valence-corrected chi connectivity index (χ1v) is 7.08. The third-order valence-electron chi connectivity index (χ3n) is 3.05. The first-order valence-electron chi connectivity index (χ1n) is 7.08. The minimum Gasteiger partial charge on any atom is -0.504 e. The molecule has 0 aliphatic heterocycles. The molecule has 0 bridgehead atoms. The zero-order chi connectivity index (χ0) is 16.2. The van der Waals surface area contributed by atoms with Crippen LogP contribution in [-0.2, 0) is 12.8 Å². The van der Waals surface area contributed by atoms with Gasteiger partial charge in [0.2, 0.25) is 0 Å². The Bertz CT molecular complexity index is 506. The molecule has 0 aliphatic carbocycles. The molecule has 0 atom stereocenters. The number of ether oxygens (including phenoxy) is 2. The molecule has 21 heavy (non-hydrogen) atoms. The quantitative estimate of drug-likeness (QED) is 0.616. The fourth-order valence-corrected chi connectivity index (χ4v) is 2.30. The van der Waals surface area contributed by atoms with Crippen LogP contribution in [0.5, 0.6) is 17.2 Å². The van der Waals surface area contributed by atoms with Crippen LogP contribution in [0.25, 0.3) is 0 Å². The van der Waals surface area contributed by atoms with Crippen LogP contribution in [0.4, 0.5) is 4.79 Å². The van der Waals surface area contributed by atoms with Crippen molar-refractivity contribution in [2.75, 3.05) is 7.11 Å². The molecule has 0 fully saturated rings. The number of rotatable bonds is 6. The lowest BCUT2D eigenvalue weighted by atomic mass is 9.95. The Labute approximate surface area is 125 Å². The summed E-state index contributed by atoms with van der Waals surface area (Å²) in [4.78, 5) is 10.9. The van der Waals surface area contributed by atoms with E-state index >= 15 is 0 Å². The molecule has 1 aromatic rings. The highest BCUT2D eigenvalue weighted by molar-refractivity contribution is 5.67. The number of hydrogen-bond donors (Lipinski definition) is 2. The lowest BCUT2D eigenvalue weighted by molar-refractivity contribution is 0.142. The van der Waals surface area contributed by atoms with E-state index in [-0.39, 0.29) is 11.5 Å². The molecule has 1 aromatic carbocycles. The Morgan fingerprint density at radius 3 is 2.19 bits per heavy atom. The van der Waals surface area contributed by atoms with Gasteiger partial charge in [-0.05, 0) is 30.7 Å². The first kappa shape index (κ1) is 17.1. The molecule has 0 amide bonds. The summed E-state index contributed by atoms with van der Waals surface area (Å²) in [5.74, 6) is 1.03. The van der Waals surface area contributed by atoms with Crippen molar-refractivity contribution in [3.8, 4) is 17.2 Å². The highest BCUT2D eigenvalue weighted by Crippen LogP contribution is 2.42. The van der Waals surface area contributed by atoms with Crippen LogP contribution >= 0.6 is 0 Å². The fourth-order valence-electron chi connectivity index (χ4n) is 2.30. The van der Waals surface area contributed by atoms with Crippen molar-refractivity contribution in [3.05, 3.63) is 17.2 Å². The summed E-state index contributed by atoms with van der Waals surface area (Å²) in [7, 11) is 1.54. The average molecular weight is 296 g/mol. The second-order valence-corrected chi connectivity index (χ2v) is 5.96. The first-order chi connectivity index (χ1) is 9.76. The van der Waals surface area contributed by atoms with Crippen molar-refractivity contribution in [1.82, 2.24) is 0 Å². The van der Waals surface area contributed by atoms with Crippen LogP contribution in [0.1, 0.15) is 38.8 Å². The minimum absolute atomic E-state index is 0.0210. The van der Waals surface area contributed by atoms with E-state index < -0.39 is 6.16 Å². The second kappa shape index (κ2) is 7.20. The maximum Gasteiger partial charge on any atom is 0.511 e. The molecule has 0 aliphatic rings. The van der Waals surface area contributed by atoms with Crippen LogP contribution in [0.2, 0.25) is 0 Å². The lowest BCUT2D eigenvalue weighted by Crippen LogP contribution is -2.09. The van der Waals surface area contributed by atoms with Gasteiger partial charge in [-0.25, -0.2) is 4.79 Å². The van der Waals surface area contributed by atoms with Gasteiger partial charge in [0.15, 0.2) is 11.5 Å². The number of carbonyl (C=O) groups is 1.